The number of hydrogen-bond donors (Lipinski definition) is 0. The van der Waals surface area contributed by atoms with Crippen LogP contribution in [-0.4, -0.2) is 50.8 Å². The van der Waals surface area contributed by atoms with Gasteiger partial charge in [0, 0.05) is 16.9 Å². The largest absolute Gasteiger partial charge is 0.417 e. The van der Waals surface area contributed by atoms with Crippen molar-refractivity contribution in [2.75, 3.05) is 0 Å². The van der Waals surface area contributed by atoms with E-state index in [0.29, 0.717) is 5.73 Å². The molecule has 0 radical (unpaired) electrons. The third-order valence-electron chi connectivity index (χ3n) is 7.43. The van der Waals surface area contributed by atoms with Crippen LogP contribution in [0.25, 0.3) is 0 Å². The molecule has 5 atom stereocenters. The van der Waals surface area contributed by atoms with Gasteiger partial charge in [0.2, 0.25) is 9.04 Å². The molecule has 0 spiro atoms. The van der Waals surface area contributed by atoms with Gasteiger partial charge < -0.3 is 13.3 Å². The first-order chi connectivity index (χ1) is 13.3. The summed E-state index contributed by atoms with van der Waals surface area (Å²) in [4.78, 5) is 0. The van der Waals surface area contributed by atoms with Gasteiger partial charge in [-0.1, -0.05) is 54.3 Å². The van der Waals surface area contributed by atoms with Crippen LogP contribution in [0.3, 0.4) is 0 Å². The second-order valence-corrected chi connectivity index (χ2v) is 29.2. The normalized spacial score (nSPS) is 20.9. The molecule has 30 heavy (non-hydrogen) atoms. The van der Waals surface area contributed by atoms with E-state index in [4.69, 9.17) is 13.3 Å². The van der Waals surface area contributed by atoms with Crippen LogP contribution in [-0.2, 0) is 13.3 Å². The average molecular weight is 493 g/mol. The lowest BCUT2D eigenvalue weighted by Gasteiger charge is -2.51. The highest BCUT2D eigenvalue weighted by molar-refractivity contribution is 6.80. The molecule has 182 valence electrons. The highest BCUT2D eigenvalue weighted by atomic mass is 28.4. The highest BCUT2D eigenvalue weighted by Gasteiger charge is 2.52. The summed E-state index contributed by atoms with van der Waals surface area (Å²) in [7, 11) is -6.60. The summed E-state index contributed by atoms with van der Waals surface area (Å²) in [5.41, 5.74) is 0.424. The lowest BCUT2D eigenvalue weighted by Crippen LogP contribution is -2.58. The smallest absolute Gasteiger partial charge is 0.204 e. The minimum absolute atomic E-state index is 0.0872. The van der Waals surface area contributed by atoms with Gasteiger partial charge in [-0.05, 0) is 71.9 Å². The molecular weight excluding hydrogens is 437 g/mol. The monoisotopic (exact) mass is 492 g/mol. The van der Waals surface area contributed by atoms with Crippen LogP contribution in [0.15, 0.2) is 0 Å². The van der Waals surface area contributed by atoms with Crippen molar-refractivity contribution in [3.8, 4) is 0 Å². The van der Waals surface area contributed by atoms with Crippen molar-refractivity contribution in [2.45, 2.75) is 148 Å². The Morgan fingerprint density at radius 1 is 0.800 bits per heavy atom. The quantitative estimate of drug-likeness (QED) is 0.232. The highest BCUT2D eigenvalue weighted by Crippen LogP contribution is 2.49. The summed E-state index contributed by atoms with van der Waals surface area (Å²) in [5, 5.41) is -0.0206. The Morgan fingerprint density at radius 3 is 1.60 bits per heavy atom. The molecule has 0 aromatic heterocycles. The van der Waals surface area contributed by atoms with Crippen molar-refractivity contribution in [2.24, 2.45) is 0 Å². The van der Waals surface area contributed by atoms with Crippen LogP contribution in [0.4, 0.5) is 0 Å². The minimum atomic E-state index is -2.02. The van der Waals surface area contributed by atoms with Crippen molar-refractivity contribution >= 4 is 33.7 Å². The van der Waals surface area contributed by atoms with Crippen LogP contribution in [0.5, 0.6) is 0 Å². The second kappa shape index (κ2) is 11.2. The van der Waals surface area contributed by atoms with E-state index in [-0.39, 0.29) is 16.4 Å². The van der Waals surface area contributed by atoms with E-state index in [1.54, 1.807) is 0 Å². The Bertz CT molecular complexity index is 516. The minimum Gasteiger partial charge on any atom is -0.417 e. The van der Waals surface area contributed by atoms with E-state index in [9.17, 15) is 0 Å². The van der Waals surface area contributed by atoms with Gasteiger partial charge in [-0.2, -0.15) is 0 Å². The zero-order valence-electron chi connectivity index (χ0n) is 23.3. The summed E-state index contributed by atoms with van der Waals surface area (Å²) in [6.45, 7) is 35.4. The second-order valence-electron chi connectivity index (χ2n) is 12.2. The molecule has 0 bridgehead atoms. The average Bonchev–Trinajstić information content (AvgIpc) is 2.60. The van der Waals surface area contributed by atoms with Crippen molar-refractivity contribution < 1.29 is 13.3 Å². The zero-order valence-corrected chi connectivity index (χ0v) is 27.4. The fourth-order valence-electron chi connectivity index (χ4n) is 4.63. The molecule has 4 unspecified atom stereocenters. The molecule has 0 aromatic carbocycles. The Morgan fingerprint density at radius 2 is 1.30 bits per heavy atom. The van der Waals surface area contributed by atoms with Gasteiger partial charge in [0.05, 0.1) is 13.3 Å². The first-order valence-corrected chi connectivity index (χ1v) is 24.5. The number of rotatable bonds is 14. The summed E-state index contributed by atoms with van der Waals surface area (Å²) < 4.78 is 20.8. The van der Waals surface area contributed by atoms with Crippen LogP contribution < -0.4 is 0 Å². The molecule has 0 amide bonds. The Labute approximate surface area is 195 Å². The maximum atomic E-state index is 7.08. The topological polar surface area (TPSA) is 27.7 Å². The molecule has 0 heterocycles. The summed E-state index contributed by atoms with van der Waals surface area (Å²) in [6.07, 6.45) is 4.52. The molecule has 0 fully saturated rings. The van der Waals surface area contributed by atoms with Crippen LogP contribution in [0, 0.1) is 0 Å². The van der Waals surface area contributed by atoms with Crippen LogP contribution >= 0.6 is 0 Å². The van der Waals surface area contributed by atoms with Crippen LogP contribution in [0.2, 0.25) is 64.0 Å². The molecule has 0 saturated heterocycles. The van der Waals surface area contributed by atoms with Gasteiger partial charge in [-0.25, -0.2) is 0 Å². The van der Waals surface area contributed by atoms with Crippen molar-refractivity contribution in [3.05, 3.63) is 0 Å². The standard InChI is InChI=1S/C23H56O3Si4/c1-16-20(24-27(7)23(6,19-4)26-29(11,12)13)22(5,18-3)30(14,15)25-21(17-2)28(8,9)10/h20-21,27H,16-19H2,1-15H3/t20?,21?,22-,23?,27?/m1/s1. The van der Waals surface area contributed by atoms with Gasteiger partial charge in [0.25, 0.3) is 0 Å². The molecule has 0 aliphatic rings. The molecule has 0 rings (SSSR count). The van der Waals surface area contributed by atoms with E-state index in [2.05, 4.69) is 100 Å². The predicted octanol–water partition coefficient (Wildman–Crippen LogP) is 7.74. The third-order valence-corrected chi connectivity index (χ3v) is 18.7. The van der Waals surface area contributed by atoms with Crippen molar-refractivity contribution in [3.63, 3.8) is 0 Å². The first-order valence-electron chi connectivity index (χ1n) is 12.4. The molecule has 0 aliphatic carbocycles. The SMILES string of the molecule is CCC(O[SiH](C)C(C)(CC)O[Si](C)(C)C)[C@@](C)(CC)[Si](C)(C)OC(CC)[Si](C)(C)C. The van der Waals surface area contributed by atoms with Gasteiger partial charge in [0.15, 0.2) is 16.6 Å². The third kappa shape index (κ3) is 7.96. The molecule has 0 aliphatic heterocycles. The number of hydrogen-bond acceptors (Lipinski definition) is 3. The lowest BCUT2D eigenvalue weighted by molar-refractivity contribution is 0.0756. The summed E-state index contributed by atoms with van der Waals surface area (Å²) in [6, 6.07) is 0. The van der Waals surface area contributed by atoms with Gasteiger partial charge >= 0.3 is 0 Å². The fourth-order valence-corrected chi connectivity index (χ4v) is 16.5. The summed E-state index contributed by atoms with van der Waals surface area (Å²) in [5.74, 6) is 0. The van der Waals surface area contributed by atoms with Crippen molar-refractivity contribution in [1.29, 1.82) is 0 Å². The molecule has 0 N–H and O–H groups in total. The van der Waals surface area contributed by atoms with Crippen LogP contribution in [0.1, 0.15) is 67.2 Å². The van der Waals surface area contributed by atoms with Gasteiger partial charge in [0.1, 0.15) is 0 Å². The predicted molar refractivity (Wildman–Crippen MR) is 146 cm³/mol. The zero-order chi connectivity index (χ0) is 24.2. The van der Waals surface area contributed by atoms with E-state index >= 15 is 0 Å². The Kier molecular flexibility index (Phi) is 11.5. The van der Waals surface area contributed by atoms with Gasteiger partial charge in [-0.15, -0.1) is 0 Å². The lowest BCUT2D eigenvalue weighted by atomic mass is 9.98. The van der Waals surface area contributed by atoms with Crippen molar-refractivity contribution in [1.82, 2.24) is 0 Å². The Balaban J connectivity index is 5.85. The van der Waals surface area contributed by atoms with E-state index in [1.165, 1.54) is 0 Å². The maximum Gasteiger partial charge on any atom is 0.204 e. The Hall–Kier alpha value is 0.748. The van der Waals surface area contributed by atoms with E-state index in [1.807, 2.05) is 0 Å². The van der Waals surface area contributed by atoms with E-state index < -0.39 is 33.7 Å². The van der Waals surface area contributed by atoms with E-state index in [0.717, 1.165) is 25.7 Å². The molecule has 7 heteroatoms. The fraction of sp³-hybridized carbons (Fsp3) is 1.00. The molecule has 0 saturated carbocycles. The van der Waals surface area contributed by atoms with Gasteiger partial charge in [-0.3, -0.25) is 0 Å². The maximum absolute atomic E-state index is 7.08. The first kappa shape index (κ1) is 30.7. The molecule has 3 nitrogen and oxygen atoms in total. The summed E-state index contributed by atoms with van der Waals surface area (Å²) >= 11 is 0. The molecule has 0 aromatic rings. The molecular formula is C23H56O3Si4.